The van der Waals surface area contributed by atoms with Crippen molar-refractivity contribution < 1.29 is 24.2 Å². The molecule has 0 aromatic rings. The number of rotatable bonds is 8. The smallest absolute Gasteiger partial charge is 0.310 e. The number of likely N-dealkylation sites (tertiary alicyclic amines) is 1. The number of nitrogens with one attached hydrogen (secondary N) is 1. The highest BCUT2D eigenvalue weighted by Crippen LogP contribution is 2.69. The van der Waals surface area contributed by atoms with E-state index >= 15 is 0 Å². The van der Waals surface area contributed by atoms with Gasteiger partial charge in [-0.25, -0.2) is 0 Å². The minimum atomic E-state index is -0.726. The third-order valence-corrected chi connectivity index (χ3v) is 9.58. The number of aliphatic hydroxyl groups excluding tert-OH is 1. The summed E-state index contributed by atoms with van der Waals surface area (Å²) < 4.78 is 4.68. The summed E-state index contributed by atoms with van der Waals surface area (Å²) >= 11 is 1.64. The molecule has 2 amide bonds. The van der Waals surface area contributed by atoms with E-state index in [4.69, 9.17) is 4.74 Å². The number of thioether (sulfide) groups is 1. The lowest BCUT2D eigenvalue weighted by molar-refractivity contribution is -0.154. The molecule has 3 aliphatic rings. The van der Waals surface area contributed by atoms with Crippen molar-refractivity contribution in [1.29, 1.82) is 0 Å². The Labute approximate surface area is 202 Å². The van der Waals surface area contributed by atoms with Crippen molar-refractivity contribution in [3.63, 3.8) is 0 Å². The summed E-state index contributed by atoms with van der Waals surface area (Å²) in [5, 5.41) is 13.3. The number of aliphatic hydroxyl groups is 1. The highest BCUT2D eigenvalue weighted by molar-refractivity contribution is 8.02. The number of esters is 1. The number of hydrogen-bond acceptors (Lipinski definition) is 6. The Morgan fingerprint density at radius 2 is 1.91 bits per heavy atom. The van der Waals surface area contributed by atoms with Crippen LogP contribution in [0.5, 0.6) is 0 Å². The van der Waals surface area contributed by atoms with Gasteiger partial charge in [0.05, 0.1) is 35.8 Å². The van der Waals surface area contributed by atoms with E-state index in [1.807, 2.05) is 20.8 Å². The number of carbonyl (C=O) groups excluding carboxylic acids is 3. The Bertz CT molecular complexity index is 790. The van der Waals surface area contributed by atoms with Gasteiger partial charge in [-0.1, -0.05) is 34.6 Å². The summed E-state index contributed by atoms with van der Waals surface area (Å²) in [4.78, 5) is 42.5. The molecule has 33 heavy (non-hydrogen) atoms. The highest BCUT2D eigenvalue weighted by Gasteiger charge is 2.76. The molecule has 0 aromatic heterocycles. The Kier molecular flexibility index (Phi) is 7.23. The molecule has 3 fully saturated rings. The zero-order chi connectivity index (χ0) is 24.9. The third-order valence-electron chi connectivity index (χ3n) is 7.50. The molecule has 3 saturated heterocycles. The maximum Gasteiger partial charge on any atom is 0.310 e. The van der Waals surface area contributed by atoms with Crippen LogP contribution >= 0.6 is 11.8 Å². The molecule has 3 rings (SSSR count). The fourth-order valence-corrected chi connectivity index (χ4v) is 9.24. The lowest BCUT2D eigenvalue weighted by Crippen LogP contribution is -2.61. The van der Waals surface area contributed by atoms with Crippen LogP contribution in [-0.2, 0) is 19.1 Å². The third kappa shape index (κ3) is 4.42. The van der Waals surface area contributed by atoms with Crippen LogP contribution < -0.4 is 5.32 Å². The Morgan fingerprint density at radius 1 is 1.27 bits per heavy atom. The van der Waals surface area contributed by atoms with E-state index in [0.29, 0.717) is 6.42 Å². The Morgan fingerprint density at radius 3 is 2.42 bits per heavy atom. The molecule has 2 N–H and O–H groups in total. The first-order valence-electron chi connectivity index (χ1n) is 12.3. The molecule has 0 aromatic carbocycles. The number of carbonyl (C=O) groups is 3. The van der Waals surface area contributed by atoms with E-state index in [1.165, 1.54) is 0 Å². The lowest BCUT2D eigenvalue weighted by Gasteiger charge is -2.42. The van der Waals surface area contributed by atoms with Crippen LogP contribution in [0, 0.1) is 23.2 Å². The van der Waals surface area contributed by atoms with Crippen LogP contribution in [0.15, 0.2) is 0 Å². The molecule has 3 aliphatic heterocycles. The zero-order valence-corrected chi connectivity index (χ0v) is 22.3. The van der Waals surface area contributed by atoms with Crippen molar-refractivity contribution in [1.82, 2.24) is 10.2 Å². The first-order chi connectivity index (χ1) is 15.2. The fraction of sp³-hybridized carbons (Fsp3) is 0.880. The lowest BCUT2D eigenvalue weighted by atomic mass is 9.66. The minimum Gasteiger partial charge on any atom is -0.466 e. The number of hydrogen-bond donors (Lipinski definition) is 2. The molecular formula is C25H42N2O5S. The molecular weight excluding hydrogens is 440 g/mol. The molecule has 3 heterocycles. The molecule has 8 heteroatoms. The molecule has 188 valence electrons. The summed E-state index contributed by atoms with van der Waals surface area (Å²) in [6.07, 6.45) is 2.08. The van der Waals surface area contributed by atoms with E-state index in [0.717, 1.165) is 12.8 Å². The van der Waals surface area contributed by atoms with Crippen molar-refractivity contribution in [3.05, 3.63) is 0 Å². The highest BCUT2D eigenvalue weighted by atomic mass is 32.2. The van der Waals surface area contributed by atoms with Gasteiger partial charge in [0.15, 0.2) is 0 Å². The predicted octanol–water partition coefficient (Wildman–Crippen LogP) is 2.99. The van der Waals surface area contributed by atoms with Crippen molar-refractivity contribution >= 4 is 29.5 Å². The first kappa shape index (κ1) is 26.3. The number of fused-ring (bicyclic) bond motifs is 1. The Hall–Kier alpha value is -1.28. The molecule has 3 unspecified atom stereocenters. The van der Waals surface area contributed by atoms with Gasteiger partial charge in [0.2, 0.25) is 11.8 Å². The minimum absolute atomic E-state index is 0.0166. The number of nitrogens with zero attached hydrogens (tertiary/aromatic N) is 1. The second-order valence-electron chi connectivity index (χ2n) is 11.9. The van der Waals surface area contributed by atoms with Gasteiger partial charge in [0, 0.05) is 10.8 Å². The van der Waals surface area contributed by atoms with Crippen LogP contribution in [0.4, 0.5) is 0 Å². The molecule has 0 saturated carbocycles. The largest absolute Gasteiger partial charge is 0.466 e. The molecule has 7 atom stereocenters. The van der Waals surface area contributed by atoms with Gasteiger partial charge in [-0.15, -0.1) is 11.8 Å². The average Bonchev–Trinajstić information content (AvgIpc) is 3.25. The summed E-state index contributed by atoms with van der Waals surface area (Å²) in [5.41, 5.74) is -0.451. The van der Waals surface area contributed by atoms with Gasteiger partial charge in [-0.05, 0) is 51.4 Å². The molecule has 2 bridgehead atoms. The summed E-state index contributed by atoms with van der Waals surface area (Å²) in [7, 11) is 0. The maximum atomic E-state index is 14.0. The van der Waals surface area contributed by atoms with Gasteiger partial charge < -0.3 is 20.1 Å². The standard InChI is InChI=1S/C25H42N2O5S/c1-9-15(12-28)27-19(20(29)26-24(7,8)13-23(4,5)6)25-14(3)11-16(33-25)17(18(25)21(27)30)22(31)32-10-2/h14-19,28H,9-13H2,1-8H3,(H,26,29)/t14?,15-,16-,17+,18-,19?,25?/m0/s1. The van der Waals surface area contributed by atoms with Crippen LogP contribution in [0.2, 0.25) is 0 Å². The molecule has 1 spiro atoms. The number of amides is 2. The topological polar surface area (TPSA) is 95.9 Å². The van der Waals surface area contributed by atoms with Gasteiger partial charge in [0.25, 0.3) is 0 Å². The van der Waals surface area contributed by atoms with Gasteiger partial charge in [0.1, 0.15) is 6.04 Å². The Balaban J connectivity index is 2.05. The predicted molar refractivity (Wildman–Crippen MR) is 130 cm³/mol. The quantitative estimate of drug-likeness (QED) is 0.517. The zero-order valence-electron chi connectivity index (χ0n) is 21.4. The monoisotopic (exact) mass is 482 g/mol. The molecule has 0 aliphatic carbocycles. The summed E-state index contributed by atoms with van der Waals surface area (Å²) in [6, 6.07) is -1.19. The van der Waals surface area contributed by atoms with Crippen LogP contribution in [0.25, 0.3) is 0 Å². The van der Waals surface area contributed by atoms with Crippen LogP contribution in [0.3, 0.4) is 0 Å². The van der Waals surface area contributed by atoms with Crippen molar-refractivity contribution in [2.24, 2.45) is 23.2 Å². The maximum absolute atomic E-state index is 14.0. The van der Waals surface area contributed by atoms with Crippen LogP contribution in [-0.4, -0.2) is 68.6 Å². The van der Waals surface area contributed by atoms with E-state index in [-0.39, 0.29) is 47.6 Å². The van der Waals surface area contributed by atoms with Crippen LogP contribution in [0.1, 0.15) is 74.7 Å². The second kappa shape index (κ2) is 9.06. The van der Waals surface area contributed by atoms with E-state index in [2.05, 4.69) is 33.0 Å². The SMILES string of the molecule is CCOC(=O)[C@@H]1[C@@H]2CC(C)C3(S2)C(C(=O)NC(C)(C)CC(C)(C)C)N([C@@H](CC)CO)C(=O)[C@H]13. The van der Waals surface area contributed by atoms with E-state index in [9.17, 15) is 19.5 Å². The van der Waals surface area contributed by atoms with E-state index < -0.39 is 34.2 Å². The van der Waals surface area contributed by atoms with Gasteiger partial charge >= 0.3 is 5.97 Å². The summed E-state index contributed by atoms with van der Waals surface area (Å²) in [5.74, 6) is -1.76. The summed E-state index contributed by atoms with van der Waals surface area (Å²) in [6.45, 7) is 16.3. The fourth-order valence-electron chi connectivity index (χ4n) is 6.84. The molecule has 7 nitrogen and oxygen atoms in total. The van der Waals surface area contributed by atoms with Crippen molar-refractivity contribution in [3.8, 4) is 0 Å². The number of ether oxygens (including phenoxy) is 1. The van der Waals surface area contributed by atoms with Gasteiger partial charge in [-0.2, -0.15) is 0 Å². The first-order valence-corrected chi connectivity index (χ1v) is 13.2. The van der Waals surface area contributed by atoms with Crippen molar-refractivity contribution in [2.45, 2.75) is 102 Å². The average molecular weight is 483 g/mol. The van der Waals surface area contributed by atoms with Gasteiger partial charge in [-0.3, -0.25) is 14.4 Å². The molecule has 0 radical (unpaired) electrons. The van der Waals surface area contributed by atoms with Crippen molar-refractivity contribution in [2.75, 3.05) is 13.2 Å². The van der Waals surface area contributed by atoms with E-state index in [1.54, 1.807) is 23.6 Å². The normalized spacial score (nSPS) is 34.4. The second-order valence-corrected chi connectivity index (χ2v) is 13.5.